The van der Waals surface area contributed by atoms with Crippen LogP contribution < -0.4 is 5.73 Å². The first-order valence-electron chi connectivity index (χ1n) is 8.40. The molecular formula is C18H29ClN2O2. The number of halogens is 1. The average Bonchev–Trinajstić information content (AvgIpc) is 2.56. The molecule has 1 amide bonds. The third-order valence-electron chi connectivity index (χ3n) is 4.28. The van der Waals surface area contributed by atoms with Gasteiger partial charge in [-0.15, -0.1) is 12.4 Å². The van der Waals surface area contributed by atoms with Crippen LogP contribution in [-0.2, 0) is 22.4 Å². The van der Waals surface area contributed by atoms with Gasteiger partial charge in [0.1, 0.15) is 0 Å². The van der Waals surface area contributed by atoms with E-state index < -0.39 is 0 Å². The molecule has 130 valence electrons. The van der Waals surface area contributed by atoms with Gasteiger partial charge in [0, 0.05) is 19.7 Å². The van der Waals surface area contributed by atoms with Crippen molar-refractivity contribution in [3.05, 3.63) is 35.4 Å². The summed E-state index contributed by atoms with van der Waals surface area (Å²) in [7, 11) is 0. The lowest BCUT2D eigenvalue weighted by atomic mass is 10.0. The zero-order chi connectivity index (χ0) is 15.8. The first-order chi connectivity index (χ1) is 10.7. The highest BCUT2D eigenvalue weighted by atomic mass is 35.5. The smallest absolute Gasteiger partial charge is 0.226 e. The SMILES string of the molecule is CCc1ccc(CC(=O)N2CCC(OCCCN)CC2)cc1.Cl. The number of amides is 1. The monoisotopic (exact) mass is 340 g/mol. The Balaban J connectivity index is 0.00000264. The topological polar surface area (TPSA) is 55.6 Å². The van der Waals surface area contributed by atoms with Crippen LogP contribution >= 0.6 is 12.4 Å². The van der Waals surface area contributed by atoms with Crippen molar-refractivity contribution in [2.75, 3.05) is 26.2 Å². The Morgan fingerprint density at radius 1 is 1.22 bits per heavy atom. The lowest BCUT2D eigenvalue weighted by Gasteiger charge is -2.32. The third kappa shape index (κ3) is 6.50. The number of carbonyl (C=O) groups excluding carboxylic acids is 1. The second-order valence-corrected chi connectivity index (χ2v) is 5.94. The fraction of sp³-hybridized carbons (Fsp3) is 0.611. The number of carbonyl (C=O) groups is 1. The highest BCUT2D eigenvalue weighted by Crippen LogP contribution is 2.15. The van der Waals surface area contributed by atoms with E-state index in [1.165, 1.54) is 5.56 Å². The van der Waals surface area contributed by atoms with Crippen LogP contribution in [0.3, 0.4) is 0 Å². The normalized spacial score (nSPS) is 15.3. The number of aryl methyl sites for hydroxylation is 1. The molecule has 23 heavy (non-hydrogen) atoms. The lowest BCUT2D eigenvalue weighted by Crippen LogP contribution is -2.41. The second-order valence-electron chi connectivity index (χ2n) is 5.94. The summed E-state index contributed by atoms with van der Waals surface area (Å²) in [6.45, 7) is 5.16. The van der Waals surface area contributed by atoms with Crippen LogP contribution in [0.1, 0.15) is 37.3 Å². The van der Waals surface area contributed by atoms with E-state index in [2.05, 4.69) is 31.2 Å². The summed E-state index contributed by atoms with van der Waals surface area (Å²) in [5.74, 6) is 0.227. The number of nitrogens with two attached hydrogens (primary N) is 1. The van der Waals surface area contributed by atoms with E-state index in [0.29, 0.717) is 19.1 Å². The molecule has 1 aliphatic rings. The number of nitrogens with zero attached hydrogens (tertiary/aromatic N) is 1. The van der Waals surface area contributed by atoms with Gasteiger partial charge in [0.05, 0.1) is 12.5 Å². The molecule has 1 aromatic rings. The summed E-state index contributed by atoms with van der Waals surface area (Å²) < 4.78 is 5.78. The van der Waals surface area contributed by atoms with Crippen LogP contribution in [0.25, 0.3) is 0 Å². The van der Waals surface area contributed by atoms with E-state index in [9.17, 15) is 4.79 Å². The summed E-state index contributed by atoms with van der Waals surface area (Å²) in [5, 5.41) is 0. The summed E-state index contributed by atoms with van der Waals surface area (Å²) in [6.07, 6.45) is 4.61. The second kappa shape index (κ2) is 10.6. The standard InChI is InChI=1S/C18H28N2O2.ClH/c1-2-15-4-6-16(7-5-15)14-18(21)20-11-8-17(9-12-20)22-13-3-10-19;/h4-7,17H,2-3,8-14,19H2,1H3;1H. The summed E-state index contributed by atoms with van der Waals surface area (Å²) >= 11 is 0. The number of ether oxygens (including phenoxy) is 1. The molecule has 0 atom stereocenters. The molecule has 0 spiro atoms. The van der Waals surface area contributed by atoms with Gasteiger partial charge in [0.15, 0.2) is 0 Å². The van der Waals surface area contributed by atoms with Crippen molar-refractivity contribution in [2.45, 2.75) is 45.1 Å². The Kier molecular flexibility index (Phi) is 9.22. The number of hydrogen-bond acceptors (Lipinski definition) is 3. The molecule has 1 aliphatic heterocycles. The average molecular weight is 341 g/mol. The van der Waals surface area contributed by atoms with Crippen LogP contribution in [0, 0.1) is 0 Å². The lowest BCUT2D eigenvalue weighted by molar-refractivity contribution is -0.133. The Hall–Kier alpha value is -1.10. The molecule has 1 heterocycles. The number of hydrogen-bond donors (Lipinski definition) is 1. The van der Waals surface area contributed by atoms with Gasteiger partial charge in [0.2, 0.25) is 5.91 Å². The van der Waals surface area contributed by atoms with Crippen LogP contribution in [-0.4, -0.2) is 43.2 Å². The van der Waals surface area contributed by atoms with Gasteiger partial charge < -0.3 is 15.4 Å². The molecule has 1 fully saturated rings. The number of benzene rings is 1. The Bertz CT molecular complexity index is 457. The van der Waals surface area contributed by atoms with Gasteiger partial charge in [-0.2, -0.15) is 0 Å². The molecule has 1 aromatic carbocycles. The molecule has 0 aromatic heterocycles. The van der Waals surface area contributed by atoms with Crippen LogP contribution in [0.15, 0.2) is 24.3 Å². The first kappa shape index (κ1) is 19.9. The third-order valence-corrected chi connectivity index (χ3v) is 4.28. The quantitative estimate of drug-likeness (QED) is 0.776. The van der Waals surface area contributed by atoms with Crippen molar-refractivity contribution < 1.29 is 9.53 Å². The van der Waals surface area contributed by atoms with E-state index in [1.807, 2.05) is 4.90 Å². The molecule has 0 bridgehead atoms. The summed E-state index contributed by atoms with van der Waals surface area (Å²) in [4.78, 5) is 14.3. The zero-order valence-corrected chi connectivity index (χ0v) is 14.8. The van der Waals surface area contributed by atoms with Gasteiger partial charge >= 0.3 is 0 Å². The predicted octanol–water partition coefficient (Wildman–Crippen LogP) is 2.57. The van der Waals surface area contributed by atoms with Gasteiger partial charge in [-0.1, -0.05) is 31.2 Å². The Labute approximate surface area is 145 Å². The molecule has 0 saturated carbocycles. The van der Waals surface area contributed by atoms with E-state index in [0.717, 1.165) is 50.9 Å². The van der Waals surface area contributed by atoms with Crippen molar-refractivity contribution in [1.29, 1.82) is 0 Å². The molecule has 2 rings (SSSR count). The minimum absolute atomic E-state index is 0. The van der Waals surface area contributed by atoms with Gasteiger partial charge in [-0.3, -0.25) is 4.79 Å². The van der Waals surface area contributed by atoms with E-state index in [-0.39, 0.29) is 18.3 Å². The van der Waals surface area contributed by atoms with E-state index in [1.54, 1.807) is 0 Å². The number of piperidine rings is 1. The molecule has 0 radical (unpaired) electrons. The highest BCUT2D eigenvalue weighted by molar-refractivity contribution is 5.85. The Morgan fingerprint density at radius 3 is 2.39 bits per heavy atom. The van der Waals surface area contributed by atoms with Crippen molar-refractivity contribution in [3.63, 3.8) is 0 Å². The zero-order valence-electron chi connectivity index (χ0n) is 14.0. The maximum absolute atomic E-state index is 12.4. The number of rotatable bonds is 7. The van der Waals surface area contributed by atoms with Gasteiger partial charge in [-0.05, 0) is 43.4 Å². The predicted molar refractivity (Wildman–Crippen MR) is 96.0 cm³/mol. The summed E-state index contributed by atoms with van der Waals surface area (Å²) in [6, 6.07) is 8.36. The van der Waals surface area contributed by atoms with Crippen LogP contribution in [0.2, 0.25) is 0 Å². The van der Waals surface area contributed by atoms with E-state index >= 15 is 0 Å². The molecule has 5 heteroatoms. The van der Waals surface area contributed by atoms with Gasteiger partial charge in [-0.25, -0.2) is 0 Å². The first-order valence-corrected chi connectivity index (χ1v) is 8.40. The van der Waals surface area contributed by atoms with Crippen molar-refractivity contribution in [2.24, 2.45) is 5.73 Å². The molecule has 4 nitrogen and oxygen atoms in total. The van der Waals surface area contributed by atoms with Crippen molar-refractivity contribution >= 4 is 18.3 Å². The minimum atomic E-state index is 0. The molecule has 0 unspecified atom stereocenters. The molecule has 0 aliphatic carbocycles. The fourth-order valence-corrected chi connectivity index (χ4v) is 2.78. The largest absolute Gasteiger partial charge is 0.378 e. The maximum Gasteiger partial charge on any atom is 0.226 e. The van der Waals surface area contributed by atoms with Crippen LogP contribution in [0.4, 0.5) is 0 Å². The number of likely N-dealkylation sites (tertiary alicyclic amines) is 1. The fourth-order valence-electron chi connectivity index (χ4n) is 2.78. The van der Waals surface area contributed by atoms with Gasteiger partial charge in [0.25, 0.3) is 0 Å². The van der Waals surface area contributed by atoms with Crippen molar-refractivity contribution in [1.82, 2.24) is 4.90 Å². The van der Waals surface area contributed by atoms with Crippen LogP contribution in [0.5, 0.6) is 0 Å². The van der Waals surface area contributed by atoms with Crippen molar-refractivity contribution in [3.8, 4) is 0 Å². The highest BCUT2D eigenvalue weighted by Gasteiger charge is 2.23. The molecule has 1 saturated heterocycles. The summed E-state index contributed by atoms with van der Waals surface area (Å²) in [5.41, 5.74) is 7.88. The molecule has 2 N–H and O–H groups in total. The maximum atomic E-state index is 12.4. The molecular weight excluding hydrogens is 312 g/mol. The van der Waals surface area contributed by atoms with E-state index in [4.69, 9.17) is 10.5 Å². The Morgan fingerprint density at radius 2 is 1.83 bits per heavy atom. The minimum Gasteiger partial charge on any atom is -0.378 e.